The molecule has 6 heteroatoms. The number of benzene rings is 3. The van der Waals surface area contributed by atoms with Gasteiger partial charge in [-0.3, -0.25) is 15.3 Å². The van der Waals surface area contributed by atoms with E-state index in [9.17, 15) is 9.90 Å². The lowest BCUT2D eigenvalue weighted by Gasteiger charge is -2.15. The molecule has 0 aromatic heterocycles. The summed E-state index contributed by atoms with van der Waals surface area (Å²) in [5, 5.41) is 20.8. The van der Waals surface area contributed by atoms with Gasteiger partial charge < -0.3 is 9.84 Å². The smallest absolute Gasteiger partial charge is 0.262 e. The van der Waals surface area contributed by atoms with Gasteiger partial charge in [0.15, 0.2) is 0 Å². The summed E-state index contributed by atoms with van der Waals surface area (Å²) in [6.07, 6.45) is 0. The summed E-state index contributed by atoms with van der Waals surface area (Å²) in [6.45, 7) is 2.47. The van der Waals surface area contributed by atoms with Crippen LogP contribution in [0.2, 0.25) is 0 Å². The van der Waals surface area contributed by atoms with Crippen LogP contribution in [-0.4, -0.2) is 28.9 Å². The van der Waals surface area contributed by atoms with Crippen molar-refractivity contribution in [2.45, 2.75) is 26.1 Å². The molecule has 0 aliphatic rings. The van der Waals surface area contributed by atoms with Crippen LogP contribution in [0.15, 0.2) is 72.8 Å². The first-order chi connectivity index (χ1) is 14.6. The molecule has 0 fully saturated rings. The lowest BCUT2D eigenvalue weighted by Crippen LogP contribution is -2.45. The van der Waals surface area contributed by atoms with Crippen LogP contribution in [0.4, 0.5) is 0 Å². The lowest BCUT2D eigenvalue weighted by molar-refractivity contribution is -0.132. The van der Waals surface area contributed by atoms with E-state index in [4.69, 9.17) is 9.94 Å². The minimum absolute atomic E-state index is 0.346. The summed E-state index contributed by atoms with van der Waals surface area (Å²) >= 11 is 0. The van der Waals surface area contributed by atoms with Gasteiger partial charge in [0.2, 0.25) is 0 Å². The van der Waals surface area contributed by atoms with Gasteiger partial charge in [-0.1, -0.05) is 60.7 Å². The van der Waals surface area contributed by atoms with Crippen molar-refractivity contribution >= 4 is 5.91 Å². The Morgan fingerprint density at radius 1 is 1.03 bits per heavy atom. The van der Waals surface area contributed by atoms with E-state index in [0.29, 0.717) is 18.9 Å². The van der Waals surface area contributed by atoms with E-state index in [1.54, 1.807) is 0 Å². The summed E-state index contributed by atoms with van der Waals surface area (Å²) in [4.78, 5) is 11.4. The summed E-state index contributed by atoms with van der Waals surface area (Å²) in [7, 11) is 0. The first-order valence-corrected chi connectivity index (χ1v) is 9.76. The molecule has 1 atom stereocenters. The third kappa shape index (κ3) is 5.45. The van der Waals surface area contributed by atoms with Crippen LogP contribution in [0.25, 0.3) is 11.1 Å². The molecule has 3 aromatic rings. The van der Waals surface area contributed by atoms with E-state index in [-0.39, 0.29) is 0 Å². The lowest BCUT2D eigenvalue weighted by atomic mass is 9.97. The number of carbonyl (C=O) groups is 1. The average molecular weight is 406 g/mol. The number of nitrogens with one attached hydrogen (secondary N) is 2. The highest BCUT2D eigenvalue weighted by Gasteiger charge is 2.15. The average Bonchev–Trinajstić information content (AvgIpc) is 2.79. The van der Waals surface area contributed by atoms with Crippen LogP contribution in [0.3, 0.4) is 0 Å². The second-order valence-electron chi connectivity index (χ2n) is 6.98. The summed E-state index contributed by atoms with van der Waals surface area (Å²) in [6, 6.07) is 23.1. The molecule has 0 bridgehead atoms. The minimum atomic E-state index is -0.886. The molecule has 0 radical (unpaired) electrons. The zero-order chi connectivity index (χ0) is 21.3. The second kappa shape index (κ2) is 10.5. The van der Waals surface area contributed by atoms with Gasteiger partial charge in [-0.15, -0.1) is 0 Å². The molecule has 30 heavy (non-hydrogen) atoms. The van der Waals surface area contributed by atoms with E-state index < -0.39 is 18.6 Å². The zero-order valence-corrected chi connectivity index (χ0v) is 16.8. The Bertz CT molecular complexity index is 976. The number of hydrogen-bond donors (Lipinski definition) is 4. The Labute approximate surface area is 176 Å². The summed E-state index contributed by atoms with van der Waals surface area (Å²) in [5.41, 5.74) is 7.09. The quantitative estimate of drug-likeness (QED) is 0.324. The van der Waals surface area contributed by atoms with E-state index in [2.05, 4.69) is 36.5 Å². The second-order valence-corrected chi connectivity index (χ2v) is 6.98. The minimum Gasteiger partial charge on any atom is -0.489 e. The van der Waals surface area contributed by atoms with Crippen LogP contribution in [0.1, 0.15) is 16.7 Å². The van der Waals surface area contributed by atoms with E-state index in [1.165, 1.54) is 22.2 Å². The highest BCUT2D eigenvalue weighted by Crippen LogP contribution is 2.26. The third-order valence-corrected chi connectivity index (χ3v) is 4.99. The molecule has 3 aromatic carbocycles. The van der Waals surface area contributed by atoms with E-state index in [0.717, 1.165) is 11.1 Å². The molecular weight excluding hydrogens is 380 g/mol. The molecule has 1 unspecified atom stereocenters. The molecule has 3 rings (SSSR count). The number of amides is 1. The van der Waals surface area contributed by atoms with E-state index >= 15 is 0 Å². The van der Waals surface area contributed by atoms with Crippen molar-refractivity contribution in [3.05, 3.63) is 89.5 Å². The Hall–Kier alpha value is -3.19. The topological polar surface area (TPSA) is 90.8 Å². The molecule has 0 spiro atoms. The van der Waals surface area contributed by atoms with Crippen molar-refractivity contribution < 1.29 is 19.8 Å². The highest BCUT2D eigenvalue weighted by molar-refractivity contribution is 5.80. The molecule has 0 saturated heterocycles. The maximum Gasteiger partial charge on any atom is 0.262 e. The zero-order valence-electron chi connectivity index (χ0n) is 16.8. The Morgan fingerprint density at radius 2 is 1.80 bits per heavy atom. The van der Waals surface area contributed by atoms with Crippen LogP contribution >= 0.6 is 0 Å². The number of aliphatic hydroxyl groups excluding tert-OH is 1. The highest BCUT2D eigenvalue weighted by atomic mass is 16.5. The fraction of sp³-hybridized carbons (Fsp3) is 0.208. The van der Waals surface area contributed by atoms with Crippen molar-refractivity contribution in [2.75, 3.05) is 6.61 Å². The fourth-order valence-corrected chi connectivity index (χ4v) is 3.24. The fourth-order valence-electron chi connectivity index (χ4n) is 3.24. The number of ether oxygens (including phenoxy) is 1. The number of hydroxylamine groups is 1. The Morgan fingerprint density at radius 3 is 2.53 bits per heavy atom. The summed E-state index contributed by atoms with van der Waals surface area (Å²) in [5.74, 6) is 0.0321. The van der Waals surface area contributed by atoms with Gasteiger partial charge in [0.1, 0.15) is 18.4 Å². The van der Waals surface area contributed by atoms with Gasteiger partial charge in [0, 0.05) is 6.54 Å². The predicted octanol–water partition coefficient (Wildman–Crippen LogP) is 3.20. The maximum absolute atomic E-state index is 11.4. The molecule has 4 N–H and O–H groups in total. The van der Waals surface area contributed by atoms with Crippen molar-refractivity contribution in [1.29, 1.82) is 0 Å². The molecule has 1 amide bonds. The monoisotopic (exact) mass is 406 g/mol. The molecule has 156 valence electrons. The summed E-state index contributed by atoms with van der Waals surface area (Å²) < 4.78 is 6.01. The number of carbonyl (C=O) groups excluding carboxylic acids is 1. The number of rotatable bonds is 9. The number of hydrogen-bond acceptors (Lipinski definition) is 5. The Kier molecular flexibility index (Phi) is 7.57. The van der Waals surface area contributed by atoms with Crippen LogP contribution in [0, 0.1) is 6.92 Å². The first kappa shape index (κ1) is 21.5. The third-order valence-electron chi connectivity index (χ3n) is 4.99. The SMILES string of the molecule is Cc1c(COc2cccc(CNC(CO)C(=O)NO)c2)cccc1-c1ccccc1. The van der Waals surface area contributed by atoms with Crippen LogP contribution in [-0.2, 0) is 17.9 Å². The van der Waals surface area contributed by atoms with Crippen molar-refractivity contribution in [3.63, 3.8) is 0 Å². The molecular formula is C24H26N2O4. The van der Waals surface area contributed by atoms with Gasteiger partial charge in [-0.2, -0.15) is 0 Å². The Balaban J connectivity index is 1.66. The molecule has 0 aliphatic carbocycles. The van der Waals surface area contributed by atoms with Gasteiger partial charge in [-0.25, -0.2) is 5.48 Å². The van der Waals surface area contributed by atoms with Gasteiger partial charge in [0.05, 0.1) is 6.61 Å². The van der Waals surface area contributed by atoms with Crippen molar-refractivity contribution in [1.82, 2.24) is 10.8 Å². The number of aliphatic hydroxyl groups is 1. The van der Waals surface area contributed by atoms with Crippen LogP contribution in [0.5, 0.6) is 5.75 Å². The normalized spacial score (nSPS) is 11.7. The molecule has 0 aliphatic heterocycles. The molecule has 6 nitrogen and oxygen atoms in total. The van der Waals surface area contributed by atoms with Crippen molar-refractivity contribution in [2.24, 2.45) is 0 Å². The van der Waals surface area contributed by atoms with Gasteiger partial charge in [-0.05, 0) is 46.9 Å². The van der Waals surface area contributed by atoms with Gasteiger partial charge >= 0.3 is 0 Å². The van der Waals surface area contributed by atoms with Gasteiger partial charge in [0.25, 0.3) is 5.91 Å². The maximum atomic E-state index is 11.4. The largest absolute Gasteiger partial charge is 0.489 e. The van der Waals surface area contributed by atoms with Crippen LogP contribution < -0.4 is 15.5 Å². The van der Waals surface area contributed by atoms with Crippen molar-refractivity contribution in [3.8, 4) is 16.9 Å². The van der Waals surface area contributed by atoms with E-state index in [1.807, 2.05) is 48.5 Å². The predicted molar refractivity (Wildman–Crippen MR) is 115 cm³/mol. The molecule has 0 heterocycles. The molecule has 0 saturated carbocycles. The first-order valence-electron chi connectivity index (χ1n) is 9.76. The standard InChI is InChI=1S/C24H26N2O4/c1-17-20(10-6-12-22(17)19-8-3-2-4-9-19)16-30-21-11-5-7-18(13-21)14-25-23(15-27)24(28)26-29/h2-13,23,25,27,29H,14-16H2,1H3,(H,26,28).